The van der Waals surface area contributed by atoms with Crippen molar-refractivity contribution in [1.82, 2.24) is 10.4 Å². The predicted molar refractivity (Wildman–Crippen MR) is 118 cm³/mol. The summed E-state index contributed by atoms with van der Waals surface area (Å²) in [4.78, 5) is 19.3. The summed E-state index contributed by atoms with van der Waals surface area (Å²) < 4.78 is 0. The molecule has 3 aromatic rings. The van der Waals surface area contributed by atoms with Crippen molar-refractivity contribution in [1.29, 1.82) is 0 Å². The third-order valence-electron chi connectivity index (χ3n) is 5.00. The fourth-order valence-corrected chi connectivity index (χ4v) is 3.32. The Balaban J connectivity index is 1.76. The summed E-state index contributed by atoms with van der Waals surface area (Å²) >= 11 is 0. The molecule has 29 heavy (non-hydrogen) atoms. The molecule has 0 aliphatic rings. The SMILES string of the molecule is CCN(CC)c1ccc(C=NNC(=O)c2cc3cccc(C)c3nc2C)c(O)c1. The summed E-state index contributed by atoms with van der Waals surface area (Å²) in [5, 5.41) is 15.2. The van der Waals surface area contributed by atoms with Crippen LogP contribution in [0.25, 0.3) is 10.9 Å². The molecule has 0 atom stereocenters. The second-order valence-electron chi connectivity index (χ2n) is 6.88. The lowest BCUT2D eigenvalue weighted by Crippen LogP contribution is -2.21. The van der Waals surface area contributed by atoms with Crippen LogP contribution in [-0.4, -0.2) is 35.3 Å². The highest BCUT2D eigenvalue weighted by Crippen LogP contribution is 2.23. The zero-order valence-electron chi connectivity index (χ0n) is 17.2. The number of carbonyl (C=O) groups is 1. The first-order chi connectivity index (χ1) is 13.9. The van der Waals surface area contributed by atoms with Gasteiger partial charge in [-0.1, -0.05) is 18.2 Å². The van der Waals surface area contributed by atoms with Crippen LogP contribution in [0.15, 0.2) is 47.6 Å². The minimum Gasteiger partial charge on any atom is -0.507 e. The molecular formula is C23H26N4O2. The zero-order chi connectivity index (χ0) is 21.0. The van der Waals surface area contributed by atoms with Crippen LogP contribution in [0, 0.1) is 13.8 Å². The van der Waals surface area contributed by atoms with E-state index in [0.29, 0.717) is 16.8 Å². The van der Waals surface area contributed by atoms with Gasteiger partial charge in [-0.05, 0) is 51.5 Å². The predicted octanol–water partition coefficient (Wildman–Crippen LogP) is 4.17. The van der Waals surface area contributed by atoms with Crippen LogP contribution in [0.1, 0.15) is 41.0 Å². The minimum absolute atomic E-state index is 0.117. The first kappa shape index (κ1) is 20.3. The van der Waals surface area contributed by atoms with Crippen molar-refractivity contribution in [2.24, 2.45) is 5.10 Å². The highest BCUT2D eigenvalue weighted by molar-refractivity contribution is 5.99. The number of fused-ring (bicyclic) bond motifs is 1. The lowest BCUT2D eigenvalue weighted by molar-refractivity contribution is 0.0954. The lowest BCUT2D eigenvalue weighted by Gasteiger charge is -2.21. The number of phenols is 1. The van der Waals surface area contributed by atoms with Crippen molar-refractivity contribution in [3.8, 4) is 5.75 Å². The highest BCUT2D eigenvalue weighted by atomic mass is 16.3. The number of amides is 1. The topological polar surface area (TPSA) is 77.8 Å². The minimum atomic E-state index is -0.339. The maximum atomic E-state index is 12.6. The Morgan fingerprint density at radius 3 is 2.62 bits per heavy atom. The number of hydrogen-bond acceptors (Lipinski definition) is 5. The third-order valence-corrected chi connectivity index (χ3v) is 5.00. The molecule has 0 saturated carbocycles. The van der Waals surface area contributed by atoms with Crippen molar-refractivity contribution in [2.45, 2.75) is 27.7 Å². The van der Waals surface area contributed by atoms with Crippen LogP contribution in [0.4, 0.5) is 5.69 Å². The van der Waals surface area contributed by atoms with Gasteiger partial charge in [-0.2, -0.15) is 5.10 Å². The van der Waals surface area contributed by atoms with Crippen LogP contribution >= 0.6 is 0 Å². The van der Waals surface area contributed by atoms with Gasteiger partial charge in [0, 0.05) is 35.8 Å². The number of aryl methyl sites for hydroxylation is 2. The van der Waals surface area contributed by atoms with Crippen LogP contribution in [0.2, 0.25) is 0 Å². The van der Waals surface area contributed by atoms with E-state index >= 15 is 0 Å². The second-order valence-corrected chi connectivity index (χ2v) is 6.88. The van der Waals surface area contributed by atoms with Crippen LogP contribution in [-0.2, 0) is 0 Å². The summed E-state index contributed by atoms with van der Waals surface area (Å²) in [5.41, 5.74) is 7.08. The van der Waals surface area contributed by atoms with Crippen molar-refractivity contribution in [2.75, 3.05) is 18.0 Å². The number of aromatic hydroxyl groups is 1. The number of aromatic nitrogens is 1. The smallest absolute Gasteiger partial charge is 0.273 e. The molecule has 6 nitrogen and oxygen atoms in total. The van der Waals surface area contributed by atoms with E-state index in [1.807, 2.05) is 44.2 Å². The highest BCUT2D eigenvalue weighted by Gasteiger charge is 2.12. The van der Waals surface area contributed by atoms with Gasteiger partial charge in [0.25, 0.3) is 5.91 Å². The number of nitrogens with zero attached hydrogens (tertiary/aromatic N) is 3. The summed E-state index contributed by atoms with van der Waals surface area (Å²) in [5.74, 6) is -0.222. The molecule has 2 N–H and O–H groups in total. The van der Waals surface area contributed by atoms with Gasteiger partial charge in [-0.15, -0.1) is 0 Å². The molecule has 0 aliphatic carbocycles. The number of para-hydroxylation sites is 1. The number of benzene rings is 2. The number of anilines is 1. The van der Waals surface area contributed by atoms with Crippen LogP contribution in [0.3, 0.4) is 0 Å². The third kappa shape index (κ3) is 4.37. The van der Waals surface area contributed by atoms with Crippen LogP contribution in [0.5, 0.6) is 5.75 Å². The number of pyridine rings is 1. The molecule has 1 aromatic heterocycles. The number of hydrazone groups is 1. The monoisotopic (exact) mass is 390 g/mol. The number of phenolic OH excluding ortho intramolecular Hbond substituents is 1. The fraction of sp³-hybridized carbons (Fsp3) is 0.261. The molecule has 2 aromatic carbocycles. The van der Waals surface area contributed by atoms with Crippen molar-refractivity contribution < 1.29 is 9.90 Å². The molecular weight excluding hydrogens is 364 g/mol. The number of rotatable bonds is 6. The van der Waals surface area contributed by atoms with Gasteiger partial charge < -0.3 is 10.0 Å². The molecule has 0 radical (unpaired) electrons. The molecule has 0 spiro atoms. The van der Waals surface area contributed by atoms with E-state index in [1.54, 1.807) is 12.1 Å². The molecule has 0 aliphatic heterocycles. The average molecular weight is 390 g/mol. The molecule has 1 amide bonds. The van der Waals surface area contributed by atoms with E-state index < -0.39 is 0 Å². The molecule has 0 saturated heterocycles. The van der Waals surface area contributed by atoms with Gasteiger partial charge in [-0.25, -0.2) is 5.43 Å². The number of nitrogens with one attached hydrogen (secondary N) is 1. The van der Waals surface area contributed by atoms with E-state index in [4.69, 9.17) is 0 Å². The van der Waals surface area contributed by atoms with Crippen molar-refractivity contribution in [3.63, 3.8) is 0 Å². The fourth-order valence-electron chi connectivity index (χ4n) is 3.32. The number of hydrogen-bond donors (Lipinski definition) is 2. The first-order valence-electron chi connectivity index (χ1n) is 9.73. The van der Waals surface area contributed by atoms with E-state index in [2.05, 4.69) is 34.3 Å². The van der Waals surface area contributed by atoms with Gasteiger partial charge in [0.05, 0.1) is 23.0 Å². The summed E-state index contributed by atoms with van der Waals surface area (Å²) in [7, 11) is 0. The normalized spacial score (nSPS) is 11.2. The van der Waals surface area contributed by atoms with Gasteiger partial charge >= 0.3 is 0 Å². The molecule has 1 heterocycles. The van der Waals surface area contributed by atoms with Gasteiger partial charge in [0.2, 0.25) is 0 Å². The van der Waals surface area contributed by atoms with Crippen molar-refractivity contribution in [3.05, 3.63) is 64.8 Å². The molecule has 150 valence electrons. The molecule has 3 rings (SSSR count). The molecule has 6 heteroatoms. The van der Waals surface area contributed by atoms with E-state index in [1.165, 1.54) is 6.21 Å². The van der Waals surface area contributed by atoms with Gasteiger partial charge in [0.15, 0.2) is 0 Å². The second kappa shape index (κ2) is 8.73. The quantitative estimate of drug-likeness (QED) is 0.489. The molecule has 0 fully saturated rings. The summed E-state index contributed by atoms with van der Waals surface area (Å²) in [6, 6.07) is 13.1. The Morgan fingerprint density at radius 2 is 1.93 bits per heavy atom. The maximum absolute atomic E-state index is 12.6. The van der Waals surface area contributed by atoms with E-state index in [-0.39, 0.29) is 11.7 Å². The Hall–Kier alpha value is -3.41. The van der Waals surface area contributed by atoms with E-state index in [9.17, 15) is 9.90 Å². The largest absolute Gasteiger partial charge is 0.507 e. The average Bonchev–Trinajstić information content (AvgIpc) is 2.70. The standard InChI is InChI=1S/C23H26N4O2/c1-5-27(6-2)19-11-10-18(21(28)13-19)14-24-26-23(29)20-12-17-9-7-8-15(3)22(17)25-16(20)4/h7-14,28H,5-6H2,1-4H3,(H,26,29). The molecule has 0 bridgehead atoms. The Kier molecular flexibility index (Phi) is 6.12. The van der Waals surface area contributed by atoms with Gasteiger partial charge in [0.1, 0.15) is 5.75 Å². The first-order valence-corrected chi connectivity index (χ1v) is 9.73. The summed E-state index contributed by atoms with van der Waals surface area (Å²) in [6.45, 7) is 9.65. The molecule has 0 unspecified atom stereocenters. The van der Waals surface area contributed by atoms with E-state index in [0.717, 1.165) is 35.2 Å². The Bertz CT molecular complexity index is 1070. The Morgan fingerprint density at radius 1 is 1.17 bits per heavy atom. The van der Waals surface area contributed by atoms with Gasteiger partial charge in [-0.3, -0.25) is 9.78 Å². The summed E-state index contributed by atoms with van der Waals surface area (Å²) in [6.07, 6.45) is 1.44. The van der Waals surface area contributed by atoms with Crippen molar-refractivity contribution >= 4 is 28.7 Å². The Labute approximate surface area is 170 Å². The lowest BCUT2D eigenvalue weighted by atomic mass is 10.1. The number of carbonyl (C=O) groups excluding carboxylic acids is 1. The zero-order valence-corrected chi connectivity index (χ0v) is 17.2. The maximum Gasteiger partial charge on any atom is 0.273 e. The van der Waals surface area contributed by atoms with Crippen LogP contribution < -0.4 is 10.3 Å².